The lowest BCUT2D eigenvalue weighted by Crippen LogP contribution is -2.34. The van der Waals surface area contributed by atoms with Crippen LogP contribution in [-0.4, -0.2) is 19.1 Å². The molecule has 0 aliphatic carbocycles. The number of rotatable bonds is 3. The Kier molecular flexibility index (Phi) is 4.20. The molecule has 0 aliphatic rings. The average Bonchev–Trinajstić information content (AvgIpc) is 2.28. The molecule has 16 heavy (non-hydrogen) atoms. The third-order valence-corrected chi connectivity index (χ3v) is 2.36. The maximum absolute atomic E-state index is 13.4. The van der Waals surface area contributed by atoms with Crippen molar-refractivity contribution in [3.8, 4) is 0 Å². The molecule has 2 N–H and O–H groups in total. The van der Waals surface area contributed by atoms with Gasteiger partial charge in [0.15, 0.2) is 0 Å². The Hall–Kier alpha value is -1.20. The van der Waals surface area contributed by atoms with Gasteiger partial charge in [-0.2, -0.15) is 0 Å². The van der Waals surface area contributed by atoms with E-state index in [-0.39, 0.29) is 17.0 Å². The molecule has 6 heteroatoms. The first-order valence-electron chi connectivity index (χ1n) is 4.43. The Bertz CT molecular complexity index is 412. The summed E-state index contributed by atoms with van der Waals surface area (Å²) < 4.78 is 31.0. The number of benzene rings is 1. The smallest absolute Gasteiger partial charge is 0.322 e. The van der Waals surface area contributed by atoms with Gasteiger partial charge in [0.25, 0.3) is 0 Å². The predicted molar refractivity (Wildman–Crippen MR) is 55.1 cm³/mol. The van der Waals surface area contributed by atoms with Crippen LogP contribution in [0.3, 0.4) is 0 Å². The van der Waals surface area contributed by atoms with E-state index in [9.17, 15) is 13.6 Å². The van der Waals surface area contributed by atoms with E-state index in [1.807, 2.05) is 0 Å². The molecular formula is C10H10ClF2NO2. The highest BCUT2D eigenvalue weighted by Crippen LogP contribution is 2.22. The predicted octanol–water partition coefficient (Wildman–Crippen LogP) is 1.66. The van der Waals surface area contributed by atoms with E-state index in [0.29, 0.717) is 0 Å². The topological polar surface area (TPSA) is 52.3 Å². The van der Waals surface area contributed by atoms with Crippen LogP contribution in [0.1, 0.15) is 5.56 Å². The molecule has 1 aromatic rings. The Morgan fingerprint density at radius 2 is 2.19 bits per heavy atom. The van der Waals surface area contributed by atoms with Crippen LogP contribution in [0, 0.1) is 11.6 Å². The molecule has 0 unspecified atom stereocenters. The number of hydrogen-bond acceptors (Lipinski definition) is 3. The van der Waals surface area contributed by atoms with Gasteiger partial charge in [0.2, 0.25) is 0 Å². The minimum atomic E-state index is -1.12. The van der Waals surface area contributed by atoms with Crippen molar-refractivity contribution >= 4 is 17.6 Å². The second-order valence-corrected chi connectivity index (χ2v) is 3.56. The fourth-order valence-corrected chi connectivity index (χ4v) is 1.39. The normalized spacial score (nSPS) is 12.3. The summed E-state index contributed by atoms with van der Waals surface area (Å²) in [6.07, 6.45) is -0.301. The molecule has 0 spiro atoms. The Balaban J connectivity index is 2.97. The van der Waals surface area contributed by atoms with Crippen LogP contribution in [0.2, 0.25) is 5.02 Å². The van der Waals surface area contributed by atoms with Gasteiger partial charge in [-0.05, 0) is 12.1 Å². The van der Waals surface area contributed by atoms with Gasteiger partial charge in [-0.15, -0.1) is 0 Å². The van der Waals surface area contributed by atoms with Crippen molar-refractivity contribution in [3.05, 3.63) is 34.4 Å². The zero-order valence-corrected chi connectivity index (χ0v) is 9.22. The van der Waals surface area contributed by atoms with Crippen LogP contribution in [0.5, 0.6) is 0 Å². The van der Waals surface area contributed by atoms with Crippen molar-refractivity contribution in [2.45, 2.75) is 12.5 Å². The molecule has 3 nitrogen and oxygen atoms in total. The molecule has 0 radical (unpaired) electrons. The molecule has 0 amide bonds. The van der Waals surface area contributed by atoms with Crippen LogP contribution in [0.4, 0.5) is 8.78 Å². The first kappa shape index (κ1) is 12.9. The zero-order valence-electron chi connectivity index (χ0n) is 8.47. The standard InChI is InChI=1S/C10H10ClF2NO2/c1-16-10(15)8(14)4-5-7(12)3-2-6(11)9(5)13/h2-3,8H,4,14H2,1H3/t8-/m1/s1. The number of halogens is 3. The van der Waals surface area contributed by atoms with Gasteiger partial charge in [0.1, 0.15) is 17.7 Å². The van der Waals surface area contributed by atoms with Crippen LogP contribution >= 0.6 is 11.6 Å². The Morgan fingerprint density at radius 3 is 2.75 bits per heavy atom. The number of methoxy groups -OCH3 is 1. The molecule has 0 aliphatic heterocycles. The SMILES string of the molecule is COC(=O)[C@H](N)Cc1c(F)ccc(Cl)c1F. The lowest BCUT2D eigenvalue weighted by atomic mass is 10.1. The maximum atomic E-state index is 13.4. The number of hydrogen-bond donors (Lipinski definition) is 1. The summed E-state index contributed by atoms with van der Waals surface area (Å²) >= 11 is 5.48. The Labute approximate surface area is 96.1 Å². The summed E-state index contributed by atoms with van der Waals surface area (Å²) in [5, 5.41) is -0.214. The fourth-order valence-electron chi connectivity index (χ4n) is 1.21. The third kappa shape index (κ3) is 2.68. The third-order valence-electron chi connectivity index (χ3n) is 2.07. The molecular weight excluding hydrogens is 240 g/mol. The minimum absolute atomic E-state index is 0.214. The summed E-state index contributed by atoms with van der Waals surface area (Å²) in [4.78, 5) is 11.0. The summed E-state index contributed by atoms with van der Waals surface area (Å²) in [7, 11) is 1.15. The van der Waals surface area contributed by atoms with Crippen LogP contribution in [0.25, 0.3) is 0 Å². The molecule has 0 bridgehead atoms. The second kappa shape index (κ2) is 5.23. The summed E-state index contributed by atoms with van der Waals surface area (Å²) in [6.45, 7) is 0. The molecule has 0 saturated heterocycles. The molecule has 0 fully saturated rings. The first-order valence-corrected chi connectivity index (χ1v) is 4.81. The maximum Gasteiger partial charge on any atom is 0.322 e. The van der Waals surface area contributed by atoms with E-state index in [2.05, 4.69) is 4.74 Å². The van der Waals surface area contributed by atoms with Gasteiger partial charge < -0.3 is 10.5 Å². The summed E-state index contributed by atoms with van der Waals surface area (Å²) in [6, 6.07) is 0.997. The second-order valence-electron chi connectivity index (χ2n) is 3.16. The van der Waals surface area contributed by atoms with E-state index in [1.54, 1.807) is 0 Å². The van der Waals surface area contributed by atoms with Crippen LogP contribution in [-0.2, 0) is 16.0 Å². The lowest BCUT2D eigenvalue weighted by molar-refractivity contribution is -0.142. The molecule has 0 aromatic heterocycles. The van der Waals surface area contributed by atoms with Gasteiger partial charge >= 0.3 is 5.97 Å². The van der Waals surface area contributed by atoms with Gasteiger partial charge in [0.05, 0.1) is 12.1 Å². The highest BCUT2D eigenvalue weighted by atomic mass is 35.5. The van der Waals surface area contributed by atoms with Crippen molar-refractivity contribution in [1.82, 2.24) is 0 Å². The van der Waals surface area contributed by atoms with Crippen molar-refractivity contribution in [3.63, 3.8) is 0 Å². The van der Waals surface area contributed by atoms with Crippen molar-refractivity contribution in [2.24, 2.45) is 5.73 Å². The van der Waals surface area contributed by atoms with E-state index in [4.69, 9.17) is 17.3 Å². The van der Waals surface area contributed by atoms with Crippen molar-refractivity contribution < 1.29 is 18.3 Å². The number of esters is 1. The highest BCUT2D eigenvalue weighted by Gasteiger charge is 2.20. The molecule has 1 atom stereocenters. The van der Waals surface area contributed by atoms with E-state index < -0.39 is 23.6 Å². The van der Waals surface area contributed by atoms with Gasteiger partial charge in [-0.3, -0.25) is 4.79 Å². The van der Waals surface area contributed by atoms with E-state index in [0.717, 1.165) is 19.2 Å². The monoisotopic (exact) mass is 249 g/mol. The van der Waals surface area contributed by atoms with Gasteiger partial charge in [-0.25, -0.2) is 8.78 Å². The summed E-state index contributed by atoms with van der Waals surface area (Å²) in [5.74, 6) is -2.43. The van der Waals surface area contributed by atoms with Crippen LogP contribution in [0.15, 0.2) is 12.1 Å². The highest BCUT2D eigenvalue weighted by molar-refractivity contribution is 6.30. The number of ether oxygens (including phenoxy) is 1. The molecule has 0 saturated carbocycles. The Morgan fingerprint density at radius 1 is 1.56 bits per heavy atom. The first-order chi connectivity index (χ1) is 7.47. The van der Waals surface area contributed by atoms with Gasteiger partial charge in [0, 0.05) is 12.0 Å². The minimum Gasteiger partial charge on any atom is -0.468 e. The zero-order chi connectivity index (χ0) is 12.3. The largest absolute Gasteiger partial charge is 0.468 e. The van der Waals surface area contributed by atoms with Crippen LogP contribution < -0.4 is 5.73 Å². The molecule has 1 aromatic carbocycles. The number of carbonyl (C=O) groups excluding carboxylic acids is 1. The van der Waals surface area contributed by atoms with Crippen molar-refractivity contribution in [2.75, 3.05) is 7.11 Å². The van der Waals surface area contributed by atoms with E-state index in [1.165, 1.54) is 0 Å². The summed E-state index contributed by atoms with van der Waals surface area (Å²) in [5.41, 5.74) is 5.08. The number of nitrogens with two attached hydrogens (primary N) is 1. The quantitative estimate of drug-likeness (QED) is 0.655. The van der Waals surface area contributed by atoms with E-state index >= 15 is 0 Å². The van der Waals surface area contributed by atoms with Crippen molar-refractivity contribution in [1.29, 1.82) is 0 Å². The average molecular weight is 250 g/mol. The number of carbonyl (C=O) groups is 1. The lowest BCUT2D eigenvalue weighted by Gasteiger charge is -2.11. The molecule has 0 heterocycles. The fraction of sp³-hybridized carbons (Fsp3) is 0.300. The van der Waals surface area contributed by atoms with Gasteiger partial charge in [-0.1, -0.05) is 11.6 Å². The molecule has 1 rings (SSSR count). The molecule has 88 valence electrons.